The maximum absolute atomic E-state index is 12.4. The van der Waals surface area contributed by atoms with E-state index in [4.69, 9.17) is 10.6 Å². The fraction of sp³-hybridized carbons (Fsp3) is 0.538. The predicted octanol–water partition coefficient (Wildman–Crippen LogP) is 1.26. The average Bonchev–Trinajstić information content (AvgIpc) is 2.29. The van der Waals surface area contributed by atoms with Crippen LogP contribution in [0.2, 0.25) is 0 Å². The molecule has 0 spiro atoms. The van der Waals surface area contributed by atoms with Gasteiger partial charge in [0.25, 0.3) is 0 Å². The third kappa shape index (κ3) is 3.92. The SMILES string of the molecule is COc1cc(C)c(S(=O)(=O)NC(C)(C)CON)cc1C. The van der Waals surface area contributed by atoms with Gasteiger partial charge in [0.15, 0.2) is 0 Å². The zero-order valence-electron chi connectivity index (χ0n) is 12.5. The number of aryl methyl sites for hydroxylation is 2. The Labute approximate surface area is 120 Å². The van der Waals surface area contributed by atoms with Crippen molar-refractivity contribution in [3.63, 3.8) is 0 Å². The van der Waals surface area contributed by atoms with E-state index in [1.165, 1.54) is 0 Å². The topological polar surface area (TPSA) is 90.7 Å². The second kappa shape index (κ2) is 6.09. The van der Waals surface area contributed by atoms with Crippen molar-refractivity contribution in [1.82, 2.24) is 4.72 Å². The molecule has 0 aliphatic rings. The van der Waals surface area contributed by atoms with Gasteiger partial charge < -0.3 is 9.57 Å². The Kier molecular flexibility index (Phi) is 5.15. The molecule has 0 saturated heterocycles. The maximum Gasteiger partial charge on any atom is 0.241 e. The van der Waals surface area contributed by atoms with Gasteiger partial charge in [-0.05, 0) is 51.0 Å². The summed E-state index contributed by atoms with van der Waals surface area (Å²) in [7, 11) is -2.11. The number of nitrogens with two attached hydrogens (primary N) is 1. The Morgan fingerprint density at radius 1 is 1.25 bits per heavy atom. The minimum atomic E-state index is -3.66. The second-order valence-corrected chi connectivity index (χ2v) is 7.04. The molecule has 1 aromatic rings. The Balaban J connectivity index is 3.20. The van der Waals surface area contributed by atoms with Crippen LogP contribution in [0.15, 0.2) is 17.0 Å². The minimum absolute atomic E-state index is 0.0699. The molecule has 0 atom stereocenters. The molecule has 0 radical (unpaired) electrons. The number of ether oxygens (including phenoxy) is 1. The van der Waals surface area contributed by atoms with E-state index in [2.05, 4.69) is 9.56 Å². The summed E-state index contributed by atoms with van der Waals surface area (Å²) in [5, 5.41) is 0. The van der Waals surface area contributed by atoms with Crippen molar-refractivity contribution in [2.75, 3.05) is 13.7 Å². The molecule has 0 heterocycles. The zero-order valence-corrected chi connectivity index (χ0v) is 13.3. The molecule has 6 nitrogen and oxygen atoms in total. The van der Waals surface area contributed by atoms with Crippen LogP contribution in [0.5, 0.6) is 5.75 Å². The normalized spacial score (nSPS) is 12.5. The third-order valence-corrected chi connectivity index (χ3v) is 4.68. The summed E-state index contributed by atoms with van der Waals surface area (Å²) in [6.07, 6.45) is 0. The lowest BCUT2D eigenvalue weighted by Crippen LogP contribution is -2.47. The Hall–Kier alpha value is -1.15. The molecule has 0 aliphatic heterocycles. The number of hydrogen-bond donors (Lipinski definition) is 2. The highest BCUT2D eigenvalue weighted by Crippen LogP contribution is 2.26. The lowest BCUT2D eigenvalue weighted by molar-refractivity contribution is 0.0929. The summed E-state index contributed by atoms with van der Waals surface area (Å²) >= 11 is 0. The molecule has 114 valence electrons. The van der Waals surface area contributed by atoms with Gasteiger partial charge in [0.05, 0.1) is 24.2 Å². The number of methoxy groups -OCH3 is 1. The largest absolute Gasteiger partial charge is 0.496 e. The summed E-state index contributed by atoms with van der Waals surface area (Å²) in [4.78, 5) is 4.75. The highest BCUT2D eigenvalue weighted by molar-refractivity contribution is 7.89. The van der Waals surface area contributed by atoms with Gasteiger partial charge in [-0.2, -0.15) is 0 Å². The van der Waals surface area contributed by atoms with Crippen LogP contribution >= 0.6 is 0 Å². The molecule has 0 saturated carbocycles. The fourth-order valence-electron chi connectivity index (χ4n) is 1.93. The maximum atomic E-state index is 12.4. The van der Waals surface area contributed by atoms with E-state index >= 15 is 0 Å². The van der Waals surface area contributed by atoms with E-state index in [0.717, 1.165) is 5.56 Å². The van der Waals surface area contributed by atoms with Crippen LogP contribution in [-0.2, 0) is 14.9 Å². The van der Waals surface area contributed by atoms with E-state index < -0.39 is 15.6 Å². The standard InChI is InChI=1S/C13H22N2O4S/c1-9-7-12(10(2)6-11(9)18-5)20(16,17)15-13(3,4)8-19-14/h6-7,15H,8,14H2,1-5H3. The monoisotopic (exact) mass is 302 g/mol. The van der Waals surface area contributed by atoms with Crippen LogP contribution < -0.4 is 15.4 Å². The molecule has 0 aromatic heterocycles. The Morgan fingerprint density at radius 3 is 2.35 bits per heavy atom. The van der Waals surface area contributed by atoms with Crippen LogP contribution in [0.4, 0.5) is 0 Å². The van der Waals surface area contributed by atoms with Gasteiger partial charge in [-0.25, -0.2) is 19.0 Å². The first-order chi connectivity index (χ1) is 9.13. The first-order valence-electron chi connectivity index (χ1n) is 6.14. The summed E-state index contributed by atoms with van der Waals surface area (Å²) < 4.78 is 32.7. The Morgan fingerprint density at radius 2 is 1.85 bits per heavy atom. The van der Waals surface area contributed by atoms with Crippen LogP contribution in [0, 0.1) is 13.8 Å². The molecular formula is C13H22N2O4S. The minimum Gasteiger partial charge on any atom is -0.496 e. The van der Waals surface area contributed by atoms with Crippen LogP contribution in [0.3, 0.4) is 0 Å². The van der Waals surface area contributed by atoms with Gasteiger partial charge in [0.1, 0.15) is 5.75 Å². The molecule has 0 aliphatic carbocycles. The van der Waals surface area contributed by atoms with Crippen molar-refractivity contribution in [2.45, 2.75) is 38.1 Å². The molecule has 0 unspecified atom stereocenters. The van der Waals surface area contributed by atoms with E-state index in [1.807, 2.05) is 0 Å². The van der Waals surface area contributed by atoms with Gasteiger partial charge in [0.2, 0.25) is 10.0 Å². The molecule has 0 bridgehead atoms. The number of hydrogen-bond acceptors (Lipinski definition) is 5. The first-order valence-corrected chi connectivity index (χ1v) is 7.62. The van der Waals surface area contributed by atoms with E-state index in [9.17, 15) is 8.42 Å². The van der Waals surface area contributed by atoms with Crippen molar-refractivity contribution in [3.05, 3.63) is 23.3 Å². The van der Waals surface area contributed by atoms with Crippen molar-refractivity contribution in [1.29, 1.82) is 0 Å². The predicted molar refractivity (Wildman–Crippen MR) is 77.0 cm³/mol. The van der Waals surface area contributed by atoms with Crippen molar-refractivity contribution in [3.8, 4) is 5.75 Å². The lowest BCUT2D eigenvalue weighted by atomic mass is 10.1. The van der Waals surface area contributed by atoms with Gasteiger partial charge in [-0.1, -0.05) is 0 Å². The van der Waals surface area contributed by atoms with E-state index in [-0.39, 0.29) is 11.5 Å². The summed E-state index contributed by atoms with van der Waals surface area (Å²) in [6, 6.07) is 3.30. The highest BCUT2D eigenvalue weighted by Gasteiger charge is 2.28. The van der Waals surface area contributed by atoms with E-state index in [0.29, 0.717) is 11.3 Å². The van der Waals surface area contributed by atoms with Crippen LogP contribution in [0.25, 0.3) is 0 Å². The van der Waals surface area contributed by atoms with Crippen molar-refractivity contribution in [2.24, 2.45) is 5.90 Å². The Bertz CT molecular complexity index is 582. The third-order valence-electron chi connectivity index (χ3n) is 2.84. The molecule has 7 heteroatoms. The number of nitrogens with one attached hydrogen (secondary N) is 1. The summed E-state index contributed by atoms with van der Waals surface area (Å²) in [5.74, 6) is 5.67. The van der Waals surface area contributed by atoms with Crippen molar-refractivity contribution >= 4 is 10.0 Å². The fourth-order valence-corrected chi connectivity index (χ4v) is 3.64. The summed E-state index contributed by atoms with van der Waals surface area (Å²) in [5.41, 5.74) is 0.573. The summed E-state index contributed by atoms with van der Waals surface area (Å²) in [6.45, 7) is 6.99. The highest BCUT2D eigenvalue weighted by atomic mass is 32.2. The van der Waals surface area contributed by atoms with Gasteiger partial charge >= 0.3 is 0 Å². The van der Waals surface area contributed by atoms with Crippen LogP contribution in [-0.4, -0.2) is 27.7 Å². The molecular weight excluding hydrogens is 280 g/mol. The lowest BCUT2D eigenvalue weighted by Gasteiger charge is -2.25. The number of sulfonamides is 1. The molecule has 0 amide bonds. The molecule has 1 rings (SSSR count). The number of rotatable bonds is 6. The quantitative estimate of drug-likeness (QED) is 0.772. The second-order valence-electron chi connectivity index (χ2n) is 5.39. The van der Waals surface area contributed by atoms with Crippen LogP contribution in [0.1, 0.15) is 25.0 Å². The zero-order chi connectivity index (χ0) is 15.6. The molecule has 0 fully saturated rings. The van der Waals surface area contributed by atoms with Gasteiger partial charge in [-0.3, -0.25) is 0 Å². The molecule has 1 aromatic carbocycles. The van der Waals surface area contributed by atoms with Crippen molar-refractivity contribution < 1.29 is 18.0 Å². The van der Waals surface area contributed by atoms with Gasteiger partial charge in [-0.15, -0.1) is 0 Å². The average molecular weight is 302 g/mol. The number of benzene rings is 1. The smallest absolute Gasteiger partial charge is 0.241 e. The van der Waals surface area contributed by atoms with Gasteiger partial charge in [0, 0.05) is 0 Å². The van der Waals surface area contributed by atoms with E-state index in [1.54, 1.807) is 46.9 Å². The molecule has 20 heavy (non-hydrogen) atoms. The molecule has 3 N–H and O–H groups in total. The first kappa shape index (κ1) is 16.9.